The molecular formula is C8H15NO2. The third-order valence-electron chi connectivity index (χ3n) is 2.07. The van der Waals surface area contributed by atoms with E-state index >= 15 is 0 Å². The van der Waals surface area contributed by atoms with Gasteiger partial charge < -0.3 is 10.1 Å². The van der Waals surface area contributed by atoms with Gasteiger partial charge in [0.25, 0.3) is 0 Å². The second-order valence-electron chi connectivity index (χ2n) is 3.12. The van der Waals surface area contributed by atoms with Gasteiger partial charge in [-0.1, -0.05) is 6.92 Å². The van der Waals surface area contributed by atoms with Crippen LogP contribution in [-0.2, 0) is 9.53 Å². The van der Waals surface area contributed by atoms with Gasteiger partial charge in [-0.05, 0) is 18.9 Å². The lowest BCUT2D eigenvalue weighted by Gasteiger charge is -2.28. The highest BCUT2D eigenvalue weighted by atomic mass is 16.5. The van der Waals surface area contributed by atoms with E-state index in [0.29, 0.717) is 5.92 Å². The first-order valence-electron chi connectivity index (χ1n) is 4.08. The molecule has 1 aliphatic heterocycles. The summed E-state index contributed by atoms with van der Waals surface area (Å²) in [5, 5.41) is 3.19. The zero-order chi connectivity index (χ0) is 8.27. The Morgan fingerprint density at radius 1 is 1.64 bits per heavy atom. The summed E-state index contributed by atoms with van der Waals surface area (Å²) in [4.78, 5) is 10.6. The Hall–Kier alpha value is -0.570. The number of carbonyl (C=O) groups excluding carboxylic acids is 1. The van der Waals surface area contributed by atoms with Gasteiger partial charge in [0, 0.05) is 13.5 Å². The lowest BCUT2D eigenvalue weighted by molar-refractivity contribution is -0.149. The van der Waals surface area contributed by atoms with Gasteiger partial charge in [0.2, 0.25) is 0 Å². The fourth-order valence-electron chi connectivity index (χ4n) is 1.33. The number of esters is 1. The van der Waals surface area contributed by atoms with Crippen LogP contribution in [0.25, 0.3) is 0 Å². The smallest absolute Gasteiger partial charge is 0.302 e. The van der Waals surface area contributed by atoms with Crippen molar-refractivity contribution in [3.8, 4) is 0 Å². The quantitative estimate of drug-likeness (QED) is 0.565. The molecule has 0 amide bonds. The Bertz CT molecular complexity index is 147. The zero-order valence-corrected chi connectivity index (χ0v) is 7.09. The van der Waals surface area contributed by atoms with Crippen molar-refractivity contribution in [1.29, 1.82) is 0 Å². The van der Waals surface area contributed by atoms with Gasteiger partial charge in [0.05, 0.1) is 0 Å². The number of rotatable bonds is 1. The van der Waals surface area contributed by atoms with E-state index in [2.05, 4.69) is 12.2 Å². The van der Waals surface area contributed by atoms with Crippen LogP contribution in [0.15, 0.2) is 0 Å². The molecule has 0 saturated carbocycles. The lowest BCUT2D eigenvalue weighted by Crippen LogP contribution is -2.41. The van der Waals surface area contributed by atoms with Crippen LogP contribution < -0.4 is 5.32 Å². The predicted octanol–water partition coefficient (Wildman–Crippen LogP) is 0.547. The molecule has 0 aromatic heterocycles. The Labute approximate surface area is 67.1 Å². The minimum absolute atomic E-state index is 0.0845. The molecule has 2 atom stereocenters. The maximum absolute atomic E-state index is 10.6. The van der Waals surface area contributed by atoms with E-state index in [9.17, 15) is 4.79 Å². The fourth-order valence-corrected chi connectivity index (χ4v) is 1.33. The average molecular weight is 157 g/mol. The van der Waals surface area contributed by atoms with Crippen LogP contribution in [0.5, 0.6) is 0 Å². The summed E-state index contributed by atoms with van der Waals surface area (Å²) in [7, 11) is 0. The van der Waals surface area contributed by atoms with E-state index in [-0.39, 0.29) is 12.1 Å². The SMILES string of the molecule is CC(=O)OC1CNCCC1C. The Balaban J connectivity index is 2.35. The third kappa shape index (κ3) is 2.50. The number of hydrogen-bond donors (Lipinski definition) is 1. The molecule has 1 aliphatic rings. The number of carbonyl (C=O) groups is 1. The molecule has 1 N–H and O–H groups in total. The van der Waals surface area contributed by atoms with Crippen LogP contribution in [-0.4, -0.2) is 25.2 Å². The highest BCUT2D eigenvalue weighted by molar-refractivity contribution is 5.66. The summed E-state index contributed by atoms with van der Waals surface area (Å²) in [6.07, 6.45) is 1.18. The summed E-state index contributed by atoms with van der Waals surface area (Å²) >= 11 is 0. The van der Waals surface area contributed by atoms with Crippen LogP contribution in [0.3, 0.4) is 0 Å². The van der Waals surface area contributed by atoms with Gasteiger partial charge in [-0.15, -0.1) is 0 Å². The number of nitrogens with one attached hydrogen (secondary N) is 1. The van der Waals surface area contributed by atoms with Gasteiger partial charge in [0.15, 0.2) is 0 Å². The second-order valence-corrected chi connectivity index (χ2v) is 3.12. The highest BCUT2D eigenvalue weighted by Crippen LogP contribution is 2.14. The molecular weight excluding hydrogens is 142 g/mol. The maximum Gasteiger partial charge on any atom is 0.302 e. The van der Waals surface area contributed by atoms with Crippen LogP contribution in [0.1, 0.15) is 20.3 Å². The van der Waals surface area contributed by atoms with Crippen molar-refractivity contribution in [3.05, 3.63) is 0 Å². The molecule has 3 heteroatoms. The molecule has 1 saturated heterocycles. The lowest BCUT2D eigenvalue weighted by atomic mass is 9.97. The molecule has 1 heterocycles. The molecule has 2 unspecified atom stereocenters. The predicted molar refractivity (Wildman–Crippen MR) is 42.2 cm³/mol. The van der Waals surface area contributed by atoms with Crippen LogP contribution >= 0.6 is 0 Å². The average Bonchev–Trinajstić information content (AvgIpc) is 1.93. The monoisotopic (exact) mass is 157 g/mol. The van der Waals surface area contributed by atoms with Crippen molar-refractivity contribution < 1.29 is 9.53 Å². The van der Waals surface area contributed by atoms with E-state index in [1.54, 1.807) is 0 Å². The minimum Gasteiger partial charge on any atom is -0.461 e. The van der Waals surface area contributed by atoms with Crippen molar-refractivity contribution in [1.82, 2.24) is 5.32 Å². The summed E-state index contributed by atoms with van der Waals surface area (Å²) in [6, 6.07) is 0. The summed E-state index contributed by atoms with van der Waals surface area (Å²) < 4.78 is 5.10. The molecule has 64 valence electrons. The first-order valence-corrected chi connectivity index (χ1v) is 4.08. The van der Waals surface area contributed by atoms with Gasteiger partial charge in [-0.25, -0.2) is 0 Å². The Morgan fingerprint density at radius 2 is 2.36 bits per heavy atom. The van der Waals surface area contributed by atoms with Gasteiger partial charge in [-0.3, -0.25) is 4.79 Å². The summed E-state index contributed by atoms with van der Waals surface area (Å²) in [5.74, 6) is 0.325. The third-order valence-corrected chi connectivity index (χ3v) is 2.07. The normalized spacial score (nSPS) is 31.5. The fraction of sp³-hybridized carbons (Fsp3) is 0.875. The number of ether oxygens (including phenoxy) is 1. The molecule has 0 spiro atoms. The van der Waals surface area contributed by atoms with E-state index in [1.165, 1.54) is 6.92 Å². The van der Waals surface area contributed by atoms with Crippen LogP contribution in [0, 0.1) is 5.92 Å². The van der Waals surface area contributed by atoms with Crippen molar-refractivity contribution in [2.45, 2.75) is 26.4 Å². The molecule has 0 aromatic carbocycles. The largest absolute Gasteiger partial charge is 0.461 e. The van der Waals surface area contributed by atoms with Crippen LogP contribution in [0.2, 0.25) is 0 Å². The molecule has 1 fully saturated rings. The summed E-state index contributed by atoms with van der Waals surface area (Å²) in [6.45, 7) is 5.43. The van der Waals surface area contributed by atoms with Crippen LogP contribution in [0.4, 0.5) is 0 Å². The topological polar surface area (TPSA) is 38.3 Å². The van der Waals surface area contributed by atoms with E-state index in [1.807, 2.05) is 0 Å². The molecule has 0 radical (unpaired) electrons. The molecule has 1 rings (SSSR count). The first-order chi connectivity index (χ1) is 5.20. The number of piperidine rings is 1. The van der Waals surface area contributed by atoms with E-state index < -0.39 is 0 Å². The van der Waals surface area contributed by atoms with E-state index in [0.717, 1.165) is 19.5 Å². The molecule has 11 heavy (non-hydrogen) atoms. The highest BCUT2D eigenvalue weighted by Gasteiger charge is 2.22. The van der Waals surface area contributed by atoms with Crippen molar-refractivity contribution in [2.75, 3.05) is 13.1 Å². The molecule has 3 nitrogen and oxygen atoms in total. The van der Waals surface area contributed by atoms with Crippen molar-refractivity contribution >= 4 is 5.97 Å². The molecule has 0 aromatic rings. The maximum atomic E-state index is 10.6. The van der Waals surface area contributed by atoms with Crippen molar-refractivity contribution in [2.24, 2.45) is 5.92 Å². The second kappa shape index (κ2) is 3.72. The first kappa shape index (κ1) is 8.53. The van der Waals surface area contributed by atoms with Gasteiger partial charge in [-0.2, -0.15) is 0 Å². The van der Waals surface area contributed by atoms with Crippen molar-refractivity contribution in [3.63, 3.8) is 0 Å². The van der Waals surface area contributed by atoms with E-state index in [4.69, 9.17) is 4.74 Å². The van der Waals surface area contributed by atoms with Gasteiger partial charge >= 0.3 is 5.97 Å². The Morgan fingerprint density at radius 3 is 2.91 bits per heavy atom. The van der Waals surface area contributed by atoms with Gasteiger partial charge in [0.1, 0.15) is 6.10 Å². The standard InChI is InChI=1S/C8H15NO2/c1-6-3-4-9-5-8(6)11-7(2)10/h6,8-9H,3-5H2,1-2H3. The summed E-state index contributed by atoms with van der Waals surface area (Å²) in [5.41, 5.74) is 0. The minimum atomic E-state index is -0.175. The molecule has 0 bridgehead atoms. The number of hydrogen-bond acceptors (Lipinski definition) is 3. The molecule has 0 aliphatic carbocycles. The zero-order valence-electron chi connectivity index (χ0n) is 7.09. The Kier molecular flexibility index (Phi) is 2.88.